The molecule has 0 amide bonds. The van der Waals surface area contributed by atoms with E-state index in [9.17, 15) is 0 Å². The van der Waals surface area contributed by atoms with Crippen LogP contribution in [0.15, 0.2) is 188 Å². The summed E-state index contributed by atoms with van der Waals surface area (Å²) in [5, 5.41) is 0. The van der Waals surface area contributed by atoms with Crippen molar-refractivity contribution in [3.63, 3.8) is 0 Å². The lowest BCUT2D eigenvalue weighted by Crippen LogP contribution is -2.54. The van der Waals surface area contributed by atoms with Gasteiger partial charge in [0, 0.05) is 0 Å². The van der Waals surface area contributed by atoms with Gasteiger partial charge in [-0.05, 0) is 63.7 Å². The molecule has 7 rings (SSSR count). The first-order valence-corrected chi connectivity index (χ1v) is 18.5. The lowest BCUT2D eigenvalue weighted by atomic mass is 9.88. The molecule has 54 heavy (non-hydrogen) atoms. The van der Waals surface area contributed by atoms with Gasteiger partial charge in [0.05, 0.1) is 33.0 Å². The lowest BCUT2D eigenvalue weighted by Gasteiger charge is -2.41. The van der Waals surface area contributed by atoms with Crippen LogP contribution in [0.5, 0.6) is 11.5 Å². The Kier molecular flexibility index (Phi) is 13.3. The quantitative estimate of drug-likeness (QED) is 0.0825. The average molecular weight is 719 g/mol. The van der Waals surface area contributed by atoms with Gasteiger partial charge in [-0.15, -0.1) is 0 Å². The maximum atomic E-state index is 6.88. The number of ether oxygens (including phenoxy) is 6. The van der Waals surface area contributed by atoms with Crippen molar-refractivity contribution in [2.45, 2.75) is 57.5 Å². The van der Waals surface area contributed by atoms with E-state index >= 15 is 0 Å². The molecule has 1 unspecified atom stereocenters. The summed E-state index contributed by atoms with van der Waals surface area (Å²) in [4.78, 5) is 0. The van der Waals surface area contributed by atoms with Crippen molar-refractivity contribution in [2.75, 3.05) is 6.61 Å². The minimum Gasteiger partial charge on any atom is -0.489 e. The first-order valence-electron chi connectivity index (χ1n) is 18.5. The van der Waals surface area contributed by atoms with E-state index in [1.54, 1.807) is 0 Å². The van der Waals surface area contributed by atoms with Crippen molar-refractivity contribution in [2.24, 2.45) is 0 Å². The Bertz CT molecular complexity index is 1970. The smallest absolute Gasteiger partial charge is 0.146 e. The van der Waals surface area contributed by atoms with Crippen molar-refractivity contribution >= 4 is 0 Å². The highest BCUT2D eigenvalue weighted by Gasteiger charge is 2.44. The van der Waals surface area contributed by atoms with E-state index in [2.05, 4.69) is 66.7 Å². The van der Waals surface area contributed by atoms with Gasteiger partial charge in [0.25, 0.3) is 0 Å². The molecule has 1 aliphatic rings. The van der Waals surface area contributed by atoms with Crippen molar-refractivity contribution in [1.29, 1.82) is 0 Å². The van der Waals surface area contributed by atoms with Crippen molar-refractivity contribution in [1.82, 2.24) is 0 Å². The van der Waals surface area contributed by atoms with Crippen molar-refractivity contribution < 1.29 is 28.4 Å². The topological polar surface area (TPSA) is 55.4 Å². The highest BCUT2D eigenvalue weighted by Crippen LogP contribution is 2.33. The predicted octanol–water partition coefficient (Wildman–Crippen LogP) is 9.93. The fourth-order valence-corrected chi connectivity index (χ4v) is 6.44. The maximum absolute atomic E-state index is 6.88. The van der Waals surface area contributed by atoms with E-state index < -0.39 is 24.4 Å². The van der Waals surface area contributed by atoms with Crippen molar-refractivity contribution in [3.05, 3.63) is 215 Å². The predicted molar refractivity (Wildman–Crippen MR) is 211 cm³/mol. The van der Waals surface area contributed by atoms with Crippen LogP contribution < -0.4 is 9.47 Å². The second kappa shape index (κ2) is 19.5. The third kappa shape index (κ3) is 10.8. The molecule has 6 aromatic carbocycles. The van der Waals surface area contributed by atoms with Gasteiger partial charge in [0.15, 0.2) is 0 Å². The Balaban J connectivity index is 1.19. The van der Waals surface area contributed by atoms with Crippen LogP contribution in [0.3, 0.4) is 0 Å². The molecule has 0 N–H and O–H groups in total. The van der Waals surface area contributed by atoms with Crippen LogP contribution in [0, 0.1) is 0 Å². The zero-order valence-electron chi connectivity index (χ0n) is 30.3. The number of hydrogen-bond donors (Lipinski definition) is 0. The minimum atomic E-state index is -0.531. The van der Waals surface area contributed by atoms with Gasteiger partial charge < -0.3 is 28.4 Å². The molecule has 6 aromatic rings. The first-order chi connectivity index (χ1) is 26.8. The summed E-state index contributed by atoms with van der Waals surface area (Å²) in [6.45, 7) is 2.43. The maximum Gasteiger partial charge on any atom is 0.146 e. The molecule has 274 valence electrons. The largest absolute Gasteiger partial charge is 0.489 e. The molecule has 6 nitrogen and oxygen atoms in total. The van der Waals surface area contributed by atoms with Crippen LogP contribution >= 0.6 is 0 Å². The summed E-state index contributed by atoms with van der Waals surface area (Å²) < 4.78 is 39.8. The average Bonchev–Trinajstić information content (AvgIpc) is 3.24. The SMILES string of the molecule is C1=C(COCc2ccccc2)[C@@H](OCc2ccccc2)[C@H](OCc2ccccc2)C(OCc2ccccc2)[C@@H]1Oc1ccc(OCc2ccccc2)cc1. The van der Waals surface area contributed by atoms with E-state index in [-0.39, 0.29) is 0 Å². The minimum absolute atomic E-state index is 0.330. The van der Waals surface area contributed by atoms with Crippen LogP contribution in [-0.4, -0.2) is 31.0 Å². The third-order valence-corrected chi connectivity index (χ3v) is 9.26. The van der Waals surface area contributed by atoms with Gasteiger partial charge in [-0.3, -0.25) is 0 Å². The Labute approximate surface area is 318 Å². The van der Waals surface area contributed by atoms with Crippen LogP contribution in [-0.2, 0) is 52.0 Å². The normalized spacial score (nSPS) is 18.1. The zero-order valence-corrected chi connectivity index (χ0v) is 30.3. The number of hydrogen-bond acceptors (Lipinski definition) is 6. The summed E-state index contributed by atoms with van der Waals surface area (Å²) in [5.74, 6) is 1.45. The molecule has 0 fully saturated rings. The van der Waals surface area contributed by atoms with Gasteiger partial charge in [-0.1, -0.05) is 152 Å². The molecule has 0 aliphatic heterocycles. The van der Waals surface area contributed by atoms with Gasteiger partial charge in [-0.25, -0.2) is 0 Å². The molecular formula is C48H46O6. The number of benzene rings is 6. The van der Waals surface area contributed by atoms with E-state index in [1.807, 2.05) is 115 Å². The van der Waals surface area contributed by atoms with Crippen LogP contribution in [0.25, 0.3) is 0 Å². The third-order valence-electron chi connectivity index (χ3n) is 9.26. The molecule has 0 spiro atoms. The van der Waals surface area contributed by atoms with E-state index in [1.165, 1.54) is 0 Å². The molecule has 0 heterocycles. The molecule has 0 radical (unpaired) electrons. The summed E-state index contributed by atoms with van der Waals surface area (Å²) in [6, 6.07) is 58.6. The Hall–Kier alpha value is -5.50. The summed E-state index contributed by atoms with van der Waals surface area (Å²) >= 11 is 0. The zero-order chi connectivity index (χ0) is 36.6. The highest BCUT2D eigenvalue weighted by atomic mass is 16.6. The molecular weight excluding hydrogens is 673 g/mol. The second-order valence-electron chi connectivity index (χ2n) is 13.3. The van der Waals surface area contributed by atoms with E-state index in [0.29, 0.717) is 45.4 Å². The molecule has 0 bridgehead atoms. The van der Waals surface area contributed by atoms with Gasteiger partial charge in [0.1, 0.15) is 42.5 Å². The van der Waals surface area contributed by atoms with Gasteiger partial charge in [0.2, 0.25) is 0 Å². The van der Waals surface area contributed by atoms with Crippen LogP contribution in [0.1, 0.15) is 27.8 Å². The Morgan fingerprint density at radius 1 is 0.352 bits per heavy atom. The number of rotatable bonds is 18. The summed E-state index contributed by atoms with van der Waals surface area (Å²) in [7, 11) is 0. The van der Waals surface area contributed by atoms with E-state index in [4.69, 9.17) is 28.4 Å². The van der Waals surface area contributed by atoms with Crippen LogP contribution in [0.4, 0.5) is 0 Å². The van der Waals surface area contributed by atoms with Gasteiger partial charge in [-0.2, -0.15) is 0 Å². The summed E-state index contributed by atoms with van der Waals surface area (Å²) in [5.41, 5.74) is 6.32. The molecule has 0 aromatic heterocycles. The molecule has 0 saturated heterocycles. The molecule has 6 heteroatoms. The standard InChI is InChI=1S/C48H46O6/c1-6-16-37(17-7-1)31-49-36-42-30-45(54-44-28-26-43(27-29-44)50-32-38-18-8-2-9-19-38)47(52-34-40-22-12-4-13-23-40)48(53-35-41-24-14-5-15-25-41)46(42)51-33-39-20-10-3-11-21-39/h1-30,45-48H,31-36H2/t45-,46-,47?,48+/m1/s1. The monoisotopic (exact) mass is 718 g/mol. The molecule has 0 saturated carbocycles. The molecule has 4 atom stereocenters. The summed E-state index contributed by atoms with van der Waals surface area (Å²) in [6.07, 6.45) is 0.0629. The second-order valence-corrected chi connectivity index (χ2v) is 13.3. The fourth-order valence-electron chi connectivity index (χ4n) is 6.44. The van der Waals surface area contributed by atoms with E-state index in [0.717, 1.165) is 39.1 Å². The molecule has 1 aliphatic carbocycles. The Morgan fingerprint density at radius 3 is 1.26 bits per heavy atom. The fraction of sp³-hybridized carbons (Fsp3) is 0.208. The highest BCUT2D eigenvalue weighted by molar-refractivity contribution is 5.33. The van der Waals surface area contributed by atoms with Crippen molar-refractivity contribution in [3.8, 4) is 11.5 Å². The van der Waals surface area contributed by atoms with Crippen LogP contribution in [0.2, 0.25) is 0 Å². The lowest BCUT2D eigenvalue weighted by molar-refractivity contribution is -0.169. The first kappa shape index (κ1) is 36.8. The van der Waals surface area contributed by atoms with Gasteiger partial charge >= 0.3 is 0 Å². The Morgan fingerprint density at radius 2 is 0.759 bits per heavy atom.